The summed E-state index contributed by atoms with van der Waals surface area (Å²) in [7, 11) is 2.22. The number of benzene rings is 2. The van der Waals surface area contributed by atoms with Crippen LogP contribution in [0.15, 0.2) is 54.7 Å². The lowest BCUT2D eigenvalue weighted by Crippen LogP contribution is -2.24. The molecule has 2 unspecified atom stereocenters. The van der Waals surface area contributed by atoms with Crippen molar-refractivity contribution in [2.75, 3.05) is 20.1 Å². The van der Waals surface area contributed by atoms with Gasteiger partial charge in [-0.05, 0) is 61.1 Å². The molecule has 2 atom stereocenters. The van der Waals surface area contributed by atoms with Crippen molar-refractivity contribution in [3.63, 3.8) is 0 Å². The largest absolute Gasteiger partial charge is 0.361 e. The van der Waals surface area contributed by atoms with Gasteiger partial charge in [0.25, 0.3) is 0 Å². The monoisotopic (exact) mass is 329 g/mol. The van der Waals surface area contributed by atoms with Gasteiger partial charge in [0.15, 0.2) is 0 Å². The molecule has 0 saturated heterocycles. The van der Waals surface area contributed by atoms with Crippen molar-refractivity contribution in [3.8, 4) is 6.07 Å². The van der Waals surface area contributed by atoms with Crippen LogP contribution in [0.4, 0.5) is 0 Å². The number of nitrogens with one attached hydrogen (secondary N) is 1. The van der Waals surface area contributed by atoms with E-state index in [-0.39, 0.29) is 0 Å². The smallest absolute Gasteiger partial charge is 0.0991 e. The van der Waals surface area contributed by atoms with Gasteiger partial charge < -0.3 is 9.88 Å². The first-order valence-electron chi connectivity index (χ1n) is 8.98. The molecule has 3 nitrogen and oxygen atoms in total. The Balaban J connectivity index is 1.37. The molecule has 4 rings (SSSR count). The minimum Gasteiger partial charge on any atom is -0.361 e. The average molecular weight is 329 g/mol. The van der Waals surface area contributed by atoms with Gasteiger partial charge in [-0.3, -0.25) is 0 Å². The molecule has 1 fully saturated rings. The summed E-state index contributed by atoms with van der Waals surface area (Å²) in [6.45, 7) is 2.24. The number of likely N-dealkylation sites (N-methyl/N-ethyl adjacent to an activating group) is 1. The van der Waals surface area contributed by atoms with E-state index in [2.05, 4.69) is 59.5 Å². The van der Waals surface area contributed by atoms with Crippen LogP contribution in [-0.4, -0.2) is 30.0 Å². The molecule has 1 heterocycles. The summed E-state index contributed by atoms with van der Waals surface area (Å²) in [4.78, 5) is 5.81. The second kappa shape index (κ2) is 6.74. The lowest BCUT2D eigenvalue weighted by molar-refractivity contribution is 0.322. The van der Waals surface area contributed by atoms with Crippen molar-refractivity contribution in [1.29, 1.82) is 5.26 Å². The van der Waals surface area contributed by atoms with E-state index in [0.29, 0.717) is 5.92 Å². The quantitative estimate of drug-likeness (QED) is 0.732. The summed E-state index contributed by atoms with van der Waals surface area (Å²) in [5.74, 6) is 1.35. The normalized spacial score (nSPS) is 19.2. The molecule has 0 amide bonds. The Hall–Kier alpha value is -2.57. The Kier molecular flexibility index (Phi) is 4.29. The third-order valence-electron chi connectivity index (χ3n) is 5.34. The standard InChI is InChI=1S/C22H23N3/c1-25(10-9-16-5-3-2-4-6-16)15-18-12-19(18)21-14-24-22-8-7-17(13-23)11-20(21)22/h2-8,11,14,18-19,24H,9-10,12,15H2,1H3. The fraction of sp³-hybridized carbons (Fsp3) is 0.318. The zero-order chi connectivity index (χ0) is 17.2. The first-order chi connectivity index (χ1) is 12.2. The Morgan fingerprint density at radius 2 is 2.04 bits per heavy atom. The molecule has 1 N–H and O–H groups in total. The van der Waals surface area contributed by atoms with E-state index < -0.39 is 0 Å². The Labute approximate surface area is 148 Å². The predicted molar refractivity (Wildman–Crippen MR) is 102 cm³/mol. The Morgan fingerprint density at radius 1 is 1.20 bits per heavy atom. The lowest BCUT2D eigenvalue weighted by Gasteiger charge is -2.16. The van der Waals surface area contributed by atoms with Gasteiger partial charge in [-0.15, -0.1) is 0 Å². The minimum atomic E-state index is 0.627. The van der Waals surface area contributed by atoms with Crippen LogP contribution in [0, 0.1) is 17.2 Å². The van der Waals surface area contributed by atoms with Crippen LogP contribution in [0.1, 0.15) is 29.0 Å². The summed E-state index contributed by atoms with van der Waals surface area (Å²) < 4.78 is 0. The van der Waals surface area contributed by atoms with E-state index in [1.165, 1.54) is 22.9 Å². The van der Waals surface area contributed by atoms with Crippen LogP contribution in [0.3, 0.4) is 0 Å². The van der Waals surface area contributed by atoms with Crippen LogP contribution in [0.2, 0.25) is 0 Å². The maximum absolute atomic E-state index is 9.14. The van der Waals surface area contributed by atoms with Crippen molar-refractivity contribution in [2.45, 2.75) is 18.8 Å². The van der Waals surface area contributed by atoms with Crippen molar-refractivity contribution >= 4 is 10.9 Å². The van der Waals surface area contributed by atoms with Crippen molar-refractivity contribution in [1.82, 2.24) is 9.88 Å². The maximum Gasteiger partial charge on any atom is 0.0991 e. The first kappa shape index (κ1) is 15.9. The summed E-state index contributed by atoms with van der Waals surface area (Å²) in [6.07, 6.45) is 4.49. The van der Waals surface area contributed by atoms with Crippen LogP contribution in [0.25, 0.3) is 10.9 Å². The third-order valence-corrected chi connectivity index (χ3v) is 5.34. The maximum atomic E-state index is 9.14. The zero-order valence-corrected chi connectivity index (χ0v) is 14.6. The molecule has 1 saturated carbocycles. The molecule has 126 valence electrons. The number of nitrogens with zero attached hydrogens (tertiary/aromatic N) is 2. The summed E-state index contributed by atoms with van der Waals surface area (Å²) in [5.41, 5.74) is 4.67. The summed E-state index contributed by atoms with van der Waals surface area (Å²) in [6, 6.07) is 18.9. The highest BCUT2D eigenvalue weighted by molar-refractivity contribution is 5.85. The van der Waals surface area contributed by atoms with Gasteiger partial charge in [-0.25, -0.2) is 0 Å². The van der Waals surface area contributed by atoms with Crippen LogP contribution >= 0.6 is 0 Å². The first-order valence-corrected chi connectivity index (χ1v) is 8.98. The Morgan fingerprint density at radius 3 is 2.84 bits per heavy atom. The van der Waals surface area contributed by atoms with Gasteiger partial charge >= 0.3 is 0 Å². The van der Waals surface area contributed by atoms with Gasteiger partial charge in [0.2, 0.25) is 0 Å². The van der Waals surface area contributed by atoms with Crippen molar-refractivity contribution in [3.05, 3.63) is 71.4 Å². The van der Waals surface area contributed by atoms with E-state index in [4.69, 9.17) is 5.26 Å². The highest BCUT2D eigenvalue weighted by atomic mass is 15.1. The highest BCUT2D eigenvalue weighted by Crippen LogP contribution is 2.49. The van der Waals surface area contributed by atoms with Gasteiger partial charge in [-0.1, -0.05) is 30.3 Å². The summed E-state index contributed by atoms with van der Waals surface area (Å²) >= 11 is 0. The van der Waals surface area contributed by atoms with Gasteiger partial charge in [-0.2, -0.15) is 5.26 Å². The molecule has 3 heteroatoms. The Bertz CT molecular complexity index is 904. The SMILES string of the molecule is CN(CCc1ccccc1)CC1CC1c1c[nH]c2ccc(C#N)cc12. The number of hydrogen-bond acceptors (Lipinski definition) is 2. The molecule has 1 aliphatic carbocycles. The molecule has 25 heavy (non-hydrogen) atoms. The van der Waals surface area contributed by atoms with Gasteiger partial charge in [0.05, 0.1) is 11.6 Å². The molecule has 0 spiro atoms. The average Bonchev–Trinajstić information content (AvgIpc) is 3.27. The molecule has 0 bridgehead atoms. The molecule has 3 aromatic rings. The van der Waals surface area contributed by atoms with Crippen molar-refractivity contribution in [2.24, 2.45) is 5.92 Å². The van der Waals surface area contributed by atoms with Crippen LogP contribution < -0.4 is 0 Å². The third kappa shape index (κ3) is 3.45. The summed E-state index contributed by atoms with van der Waals surface area (Å²) in [5, 5.41) is 10.4. The van der Waals surface area contributed by atoms with E-state index in [1.54, 1.807) is 0 Å². The number of nitriles is 1. The predicted octanol–water partition coefficient (Wildman–Crippen LogP) is 4.32. The fourth-order valence-electron chi connectivity index (χ4n) is 3.81. The number of aromatic amines is 1. The second-order valence-electron chi connectivity index (χ2n) is 7.22. The molecule has 2 aromatic carbocycles. The van der Waals surface area contributed by atoms with E-state index in [1.807, 2.05) is 18.2 Å². The molecular weight excluding hydrogens is 306 g/mol. The van der Waals surface area contributed by atoms with Gasteiger partial charge in [0, 0.05) is 30.2 Å². The highest BCUT2D eigenvalue weighted by Gasteiger charge is 2.40. The van der Waals surface area contributed by atoms with Gasteiger partial charge in [0.1, 0.15) is 0 Å². The molecule has 0 aliphatic heterocycles. The topological polar surface area (TPSA) is 42.8 Å². The zero-order valence-electron chi connectivity index (χ0n) is 14.6. The van der Waals surface area contributed by atoms with E-state index in [9.17, 15) is 0 Å². The molecular formula is C22H23N3. The van der Waals surface area contributed by atoms with Crippen LogP contribution in [0.5, 0.6) is 0 Å². The number of aromatic nitrogens is 1. The number of H-pyrrole nitrogens is 1. The minimum absolute atomic E-state index is 0.627. The number of fused-ring (bicyclic) bond motifs is 1. The number of rotatable bonds is 6. The van der Waals surface area contributed by atoms with Crippen LogP contribution in [-0.2, 0) is 6.42 Å². The molecule has 1 aliphatic rings. The second-order valence-corrected chi connectivity index (χ2v) is 7.22. The van der Waals surface area contributed by atoms with E-state index in [0.717, 1.165) is 36.5 Å². The van der Waals surface area contributed by atoms with Crippen molar-refractivity contribution < 1.29 is 0 Å². The molecule has 0 radical (unpaired) electrons. The molecule has 1 aromatic heterocycles. The number of hydrogen-bond donors (Lipinski definition) is 1. The fourth-order valence-corrected chi connectivity index (χ4v) is 3.81. The lowest BCUT2D eigenvalue weighted by atomic mass is 10.1. The van der Waals surface area contributed by atoms with E-state index >= 15 is 0 Å².